The molecule has 0 saturated heterocycles. The zero-order chi connectivity index (χ0) is 22.8. The summed E-state index contributed by atoms with van der Waals surface area (Å²) in [7, 11) is 0. The number of halogens is 1. The van der Waals surface area contributed by atoms with Gasteiger partial charge in [0.2, 0.25) is 11.8 Å². The van der Waals surface area contributed by atoms with Gasteiger partial charge in [-0.2, -0.15) is 0 Å². The molecule has 4 nitrogen and oxygen atoms in total. The molecular formula is C28H21ClN2O2. The predicted molar refractivity (Wildman–Crippen MR) is 133 cm³/mol. The molecule has 0 radical (unpaired) electrons. The predicted octanol–water partition coefficient (Wildman–Crippen LogP) is 7.23. The van der Waals surface area contributed by atoms with E-state index in [-0.39, 0.29) is 5.91 Å². The number of nitrogens with zero attached hydrogens (tertiary/aromatic N) is 1. The highest BCUT2D eigenvalue weighted by molar-refractivity contribution is 6.34. The highest BCUT2D eigenvalue weighted by Crippen LogP contribution is 2.33. The Bertz CT molecular complexity index is 1390. The van der Waals surface area contributed by atoms with E-state index < -0.39 is 5.92 Å². The first-order valence-electron chi connectivity index (χ1n) is 10.7. The topological polar surface area (TPSA) is 55.1 Å². The van der Waals surface area contributed by atoms with Crippen LogP contribution in [0.1, 0.15) is 22.6 Å². The molecule has 0 spiro atoms. The van der Waals surface area contributed by atoms with Gasteiger partial charge in [-0.25, -0.2) is 4.98 Å². The monoisotopic (exact) mass is 452 g/mol. The minimum Gasteiger partial charge on any atom is -0.436 e. The fourth-order valence-corrected chi connectivity index (χ4v) is 4.07. The van der Waals surface area contributed by atoms with Crippen LogP contribution in [0.5, 0.6) is 0 Å². The summed E-state index contributed by atoms with van der Waals surface area (Å²) < 4.78 is 5.95. The molecule has 0 atom stereocenters. The molecule has 0 bridgehead atoms. The number of carbonyl (C=O) groups is 1. The summed E-state index contributed by atoms with van der Waals surface area (Å²) in [6.07, 6.45) is 0. The van der Waals surface area contributed by atoms with Gasteiger partial charge in [0.15, 0.2) is 5.58 Å². The van der Waals surface area contributed by atoms with Crippen LogP contribution >= 0.6 is 11.6 Å². The van der Waals surface area contributed by atoms with Gasteiger partial charge in [0, 0.05) is 5.56 Å². The molecule has 1 heterocycles. The van der Waals surface area contributed by atoms with Crippen molar-refractivity contribution < 1.29 is 9.21 Å². The molecule has 0 fully saturated rings. The number of benzene rings is 4. The third-order valence-corrected chi connectivity index (χ3v) is 5.87. The van der Waals surface area contributed by atoms with Crippen molar-refractivity contribution in [3.63, 3.8) is 0 Å². The maximum atomic E-state index is 13.5. The molecule has 1 aromatic heterocycles. The normalized spacial score (nSPS) is 11.1. The average Bonchev–Trinajstić information content (AvgIpc) is 3.25. The molecule has 33 heavy (non-hydrogen) atoms. The van der Waals surface area contributed by atoms with Gasteiger partial charge in [-0.1, -0.05) is 78.3 Å². The lowest BCUT2D eigenvalue weighted by atomic mass is 9.90. The van der Waals surface area contributed by atoms with Crippen molar-refractivity contribution >= 4 is 34.3 Å². The minimum absolute atomic E-state index is 0.167. The Morgan fingerprint density at radius 3 is 2.21 bits per heavy atom. The Labute approximate surface area is 196 Å². The standard InChI is InChI=1S/C28H21ClN2O2/c1-18-12-15-23-25(16-18)33-28(31-23)21-13-14-22(29)24(17-21)30-27(32)26(19-8-4-2-5-9-19)20-10-6-3-7-11-20/h2-17,26H,1H3,(H,30,32). The summed E-state index contributed by atoms with van der Waals surface area (Å²) >= 11 is 6.46. The van der Waals surface area contributed by atoms with Gasteiger partial charge in [-0.3, -0.25) is 4.79 Å². The first-order valence-corrected chi connectivity index (χ1v) is 11.0. The van der Waals surface area contributed by atoms with E-state index in [9.17, 15) is 4.79 Å². The molecule has 5 heteroatoms. The lowest BCUT2D eigenvalue weighted by molar-refractivity contribution is -0.116. The quantitative estimate of drug-likeness (QED) is 0.306. The molecule has 0 aliphatic heterocycles. The summed E-state index contributed by atoms with van der Waals surface area (Å²) in [5, 5.41) is 3.46. The van der Waals surface area contributed by atoms with Crippen LogP contribution in [0.3, 0.4) is 0 Å². The second-order valence-corrected chi connectivity index (χ2v) is 8.34. The van der Waals surface area contributed by atoms with Gasteiger partial charge in [-0.15, -0.1) is 0 Å². The van der Waals surface area contributed by atoms with Crippen LogP contribution in [0.25, 0.3) is 22.6 Å². The third kappa shape index (κ3) is 4.38. The molecule has 0 unspecified atom stereocenters. The lowest BCUT2D eigenvalue weighted by Crippen LogP contribution is -2.22. The smallest absolute Gasteiger partial charge is 0.236 e. The number of anilines is 1. The number of aromatic nitrogens is 1. The summed E-state index contributed by atoms with van der Waals surface area (Å²) in [4.78, 5) is 18.1. The van der Waals surface area contributed by atoms with Crippen LogP contribution in [0, 0.1) is 6.92 Å². The SMILES string of the molecule is Cc1ccc2nc(-c3ccc(Cl)c(NC(=O)C(c4ccccc4)c4ccccc4)c3)oc2c1. The molecule has 5 aromatic rings. The van der Waals surface area contributed by atoms with Crippen molar-refractivity contribution in [2.45, 2.75) is 12.8 Å². The van der Waals surface area contributed by atoms with E-state index in [0.717, 1.165) is 33.4 Å². The van der Waals surface area contributed by atoms with Gasteiger partial charge in [0.25, 0.3) is 0 Å². The molecule has 0 saturated carbocycles. The molecule has 4 aromatic carbocycles. The molecule has 5 rings (SSSR count). The molecular weight excluding hydrogens is 432 g/mol. The lowest BCUT2D eigenvalue weighted by Gasteiger charge is -2.18. The highest BCUT2D eigenvalue weighted by Gasteiger charge is 2.23. The van der Waals surface area contributed by atoms with Crippen LogP contribution in [-0.4, -0.2) is 10.9 Å². The average molecular weight is 453 g/mol. The highest BCUT2D eigenvalue weighted by atomic mass is 35.5. The van der Waals surface area contributed by atoms with Gasteiger partial charge >= 0.3 is 0 Å². The van der Waals surface area contributed by atoms with Gasteiger partial charge in [-0.05, 0) is 53.9 Å². The number of oxazole rings is 1. The van der Waals surface area contributed by atoms with Gasteiger partial charge < -0.3 is 9.73 Å². The van der Waals surface area contributed by atoms with Crippen molar-refractivity contribution in [1.82, 2.24) is 4.98 Å². The van der Waals surface area contributed by atoms with Gasteiger partial charge in [0.05, 0.1) is 16.6 Å². The number of hydrogen-bond acceptors (Lipinski definition) is 3. The van der Waals surface area contributed by atoms with Crippen molar-refractivity contribution in [3.8, 4) is 11.5 Å². The summed E-state index contributed by atoms with van der Waals surface area (Å²) in [5.41, 5.74) is 5.66. The first-order chi connectivity index (χ1) is 16.1. The van der Waals surface area contributed by atoms with E-state index in [1.54, 1.807) is 12.1 Å². The second-order valence-electron chi connectivity index (χ2n) is 7.93. The number of carbonyl (C=O) groups excluding carboxylic acids is 1. The number of hydrogen-bond donors (Lipinski definition) is 1. The first kappa shape index (κ1) is 21.0. The molecule has 0 aliphatic carbocycles. The second kappa shape index (κ2) is 8.93. The largest absolute Gasteiger partial charge is 0.436 e. The minimum atomic E-state index is -0.473. The van der Waals surface area contributed by atoms with Crippen molar-refractivity contribution in [3.05, 3.63) is 119 Å². The summed E-state index contributed by atoms with van der Waals surface area (Å²) in [5.74, 6) is -0.163. The molecule has 1 amide bonds. The van der Waals surface area contributed by atoms with Crippen LogP contribution in [-0.2, 0) is 4.79 Å². The van der Waals surface area contributed by atoms with Crippen LogP contribution < -0.4 is 5.32 Å². The van der Waals surface area contributed by atoms with Crippen molar-refractivity contribution in [2.75, 3.05) is 5.32 Å². The van der Waals surface area contributed by atoms with E-state index in [1.165, 1.54) is 0 Å². The number of fused-ring (bicyclic) bond motifs is 1. The summed E-state index contributed by atoms with van der Waals surface area (Å²) in [6, 6.07) is 30.7. The Kier molecular flexibility index (Phi) is 5.68. The zero-order valence-corrected chi connectivity index (χ0v) is 18.7. The van der Waals surface area contributed by atoms with Crippen molar-refractivity contribution in [1.29, 1.82) is 0 Å². The maximum absolute atomic E-state index is 13.5. The van der Waals surface area contributed by atoms with E-state index >= 15 is 0 Å². The maximum Gasteiger partial charge on any atom is 0.236 e. The van der Waals surface area contributed by atoms with E-state index in [1.807, 2.05) is 91.9 Å². The fourth-order valence-electron chi connectivity index (χ4n) is 3.90. The summed E-state index contributed by atoms with van der Waals surface area (Å²) in [6.45, 7) is 2.01. The number of rotatable bonds is 5. The number of nitrogens with one attached hydrogen (secondary N) is 1. The molecule has 1 N–H and O–H groups in total. The number of amides is 1. The Balaban J connectivity index is 1.49. The fraction of sp³-hybridized carbons (Fsp3) is 0.0714. The third-order valence-electron chi connectivity index (χ3n) is 5.54. The van der Waals surface area contributed by atoms with Crippen LogP contribution in [0.4, 0.5) is 5.69 Å². The molecule has 0 aliphatic rings. The van der Waals surface area contributed by atoms with Crippen LogP contribution in [0.15, 0.2) is 101 Å². The van der Waals surface area contributed by atoms with E-state index in [0.29, 0.717) is 16.6 Å². The van der Waals surface area contributed by atoms with E-state index in [4.69, 9.17) is 16.0 Å². The zero-order valence-electron chi connectivity index (χ0n) is 18.0. The number of aryl methyl sites for hydroxylation is 1. The Morgan fingerprint density at radius 2 is 1.55 bits per heavy atom. The van der Waals surface area contributed by atoms with E-state index in [2.05, 4.69) is 10.3 Å². The van der Waals surface area contributed by atoms with Gasteiger partial charge in [0.1, 0.15) is 5.52 Å². The van der Waals surface area contributed by atoms with Crippen LogP contribution in [0.2, 0.25) is 5.02 Å². The Hall–Kier alpha value is -3.89. The molecule has 162 valence electrons. The van der Waals surface area contributed by atoms with Crippen molar-refractivity contribution in [2.24, 2.45) is 0 Å². The Morgan fingerprint density at radius 1 is 0.879 bits per heavy atom.